The number of hydrogen-bond acceptors (Lipinski definition) is 4. The van der Waals surface area contributed by atoms with E-state index in [1.807, 2.05) is 17.7 Å². The molecule has 3 rings (SSSR count). The van der Waals surface area contributed by atoms with Crippen LogP contribution in [0.5, 0.6) is 0 Å². The smallest absolute Gasteiger partial charge is 0.252 e. The Labute approximate surface area is 168 Å². The number of nitrogens with one attached hydrogen (secondary N) is 1. The maximum Gasteiger partial charge on any atom is 0.252 e. The molecule has 0 atom stereocenters. The Hall–Kier alpha value is -1.95. The molecule has 1 saturated carbocycles. The number of nitrogens with zero attached hydrogens (tertiary/aromatic N) is 3. The van der Waals surface area contributed by atoms with Gasteiger partial charge in [-0.2, -0.15) is 5.10 Å². The Kier molecular flexibility index (Phi) is 6.08. The molecule has 2 aromatic rings. The first kappa shape index (κ1) is 20.8. The standard InChI is InChI=1S/C22H34N4O2/c1-14(2)13-28-11-7-10-23-21(27)17-12-18(16-8-9-16)24-20-19(17)15(3)25-26(20)22(4,5)6/h12,14,16H,7-11,13H2,1-6H3,(H,23,27). The summed E-state index contributed by atoms with van der Waals surface area (Å²) in [5, 5.41) is 8.64. The summed E-state index contributed by atoms with van der Waals surface area (Å²) in [6.45, 7) is 14.6. The SMILES string of the molecule is Cc1nn(C(C)(C)C)c2nc(C3CC3)cc(C(=O)NCCCOCC(C)C)c12. The summed E-state index contributed by atoms with van der Waals surface area (Å²) in [5.74, 6) is 0.960. The Balaban J connectivity index is 1.81. The number of hydrogen-bond donors (Lipinski definition) is 1. The lowest BCUT2D eigenvalue weighted by Crippen LogP contribution is -2.26. The number of aromatic nitrogens is 3. The fraction of sp³-hybridized carbons (Fsp3) is 0.682. The minimum absolute atomic E-state index is 0.0466. The molecule has 1 aliphatic rings. The van der Waals surface area contributed by atoms with E-state index >= 15 is 0 Å². The van der Waals surface area contributed by atoms with E-state index in [1.165, 1.54) is 0 Å². The summed E-state index contributed by atoms with van der Waals surface area (Å²) in [7, 11) is 0. The molecule has 6 heteroatoms. The first-order valence-electron chi connectivity index (χ1n) is 10.4. The molecular formula is C22H34N4O2. The average molecular weight is 387 g/mol. The van der Waals surface area contributed by atoms with Crippen LogP contribution in [0.15, 0.2) is 6.07 Å². The number of ether oxygens (including phenoxy) is 1. The molecule has 1 N–H and O–H groups in total. The van der Waals surface area contributed by atoms with Gasteiger partial charge < -0.3 is 10.1 Å². The second kappa shape index (κ2) is 8.19. The zero-order valence-corrected chi connectivity index (χ0v) is 18.1. The van der Waals surface area contributed by atoms with Gasteiger partial charge in [-0.15, -0.1) is 0 Å². The van der Waals surface area contributed by atoms with E-state index in [-0.39, 0.29) is 11.4 Å². The van der Waals surface area contributed by atoms with Crippen molar-refractivity contribution in [3.05, 3.63) is 23.0 Å². The monoisotopic (exact) mass is 386 g/mol. The van der Waals surface area contributed by atoms with Crippen molar-refractivity contribution in [3.8, 4) is 0 Å². The fourth-order valence-corrected chi connectivity index (χ4v) is 3.33. The molecule has 0 aliphatic heterocycles. The van der Waals surface area contributed by atoms with Gasteiger partial charge in [-0.1, -0.05) is 13.8 Å². The van der Waals surface area contributed by atoms with Crippen molar-refractivity contribution >= 4 is 16.9 Å². The Bertz CT molecular complexity index is 844. The van der Waals surface area contributed by atoms with Crippen LogP contribution in [-0.2, 0) is 10.3 Å². The van der Waals surface area contributed by atoms with Gasteiger partial charge in [-0.05, 0) is 58.9 Å². The van der Waals surface area contributed by atoms with Crippen LogP contribution in [0.3, 0.4) is 0 Å². The number of carbonyl (C=O) groups is 1. The summed E-state index contributed by atoms with van der Waals surface area (Å²) < 4.78 is 7.56. The molecule has 1 amide bonds. The van der Waals surface area contributed by atoms with Crippen LogP contribution in [0, 0.1) is 12.8 Å². The van der Waals surface area contributed by atoms with Gasteiger partial charge in [0.2, 0.25) is 0 Å². The Morgan fingerprint density at radius 3 is 2.68 bits per heavy atom. The van der Waals surface area contributed by atoms with Gasteiger partial charge in [0, 0.05) is 31.4 Å². The quantitative estimate of drug-likeness (QED) is 0.692. The third-order valence-corrected chi connectivity index (χ3v) is 4.91. The van der Waals surface area contributed by atoms with Gasteiger partial charge >= 0.3 is 0 Å². The molecule has 1 fully saturated rings. The normalized spacial score (nSPS) is 14.8. The highest BCUT2D eigenvalue weighted by Crippen LogP contribution is 2.40. The van der Waals surface area contributed by atoms with E-state index in [0.29, 0.717) is 30.6 Å². The highest BCUT2D eigenvalue weighted by atomic mass is 16.5. The van der Waals surface area contributed by atoms with Crippen LogP contribution in [-0.4, -0.2) is 40.4 Å². The molecule has 28 heavy (non-hydrogen) atoms. The number of fused-ring (bicyclic) bond motifs is 1. The third-order valence-electron chi connectivity index (χ3n) is 4.91. The number of amides is 1. The molecule has 0 saturated heterocycles. The van der Waals surface area contributed by atoms with E-state index in [1.54, 1.807) is 0 Å². The van der Waals surface area contributed by atoms with Gasteiger partial charge in [0.25, 0.3) is 5.91 Å². The van der Waals surface area contributed by atoms with Crippen molar-refractivity contribution in [2.75, 3.05) is 19.8 Å². The number of rotatable bonds is 8. The van der Waals surface area contributed by atoms with E-state index in [0.717, 1.165) is 48.3 Å². The minimum atomic E-state index is -0.191. The molecule has 0 aromatic carbocycles. The highest BCUT2D eigenvalue weighted by Gasteiger charge is 2.30. The predicted octanol–water partition coefficient (Wildman–Crippen LogP) is 4.16. The van der Waals surface area contributed by atoms with E-state index < -0.39 is 0 Å². The van der Waals surface area contributed by atoms with Crippen LogP contribution in [0.1, 0.15) is 81.5 Å². The largest absolute Gasteiger partial charge is 0.381 e. The number of carbonyl (C=O) groups excluding carboxylic acids is 1. The summed E-state index contributed by atoms with van der Waals surface area (Å²) in [4.78, 5) is 17.9. The summed E-state index contributed by atoms with van der Waals surface area (Å²) >= 11 is 0. The average Bonchev–Trinajstić information content (AvgIpc) is 3.40. The minimum Gasteiger partial charge on any atom is -0.381 e. The summed E-state index contributed by atoms with van der Waals surface area (Å²) in [6, 6.07) is 1.98. The topological polar surface area (TPSA) is 69.0 Å². The Morgan fingerprint density at radius 1 is 1.36 bits per heavy atom. The van der Waals surface area contributed by atoms with Crippen molar-refractivity contribution in [1.29, 1.82) is 0 Å². The van der Waals surface area contributed by atoms with Gasteiger partial charge in [0.1, 0.15) is 0 Å². The van der Waals surface area contributed by atoms with Crippen LogP contribution in [0.2, 0.25) is 0 Å². The molecule has 0 spiro atoms. The van der Waals surface area contributed by atoms with Crippen molar-refractivity contribution in [3.63, 3.8) is 0 Å². The number of pyridine rings is 1. The van der Waals surface area contributed by atoms with Crippen molar-refractivity contribution in [1.82, 2.24) is 20.1 Å². The van der Waals surface area contributed by atoms with Crippen LogP contribution >= 0.6 is 0 Å². The second-order valence-corrected chi connectivity index (χ2v) is 9.31. The third kappa shape index (κ3) is 4.72. The van der Waals surface area contributed by atoms with E-state index in [4.69, 9.17) is 14.8 Å². The first-order valence-corrected chi connectivity index (χ1v) is 10.4. The molecule has 1 aliphatic carbocycles. The molecule has 0 unspecified atom stereocenters. The molecular weight excluding hydrogens is 352 g/mol. The molecule has 6 nitrogen and oxygen atoms in total. The van der Waals surface area contributed by atoms with Gasteiger partial charge in [-0.3, -0.25) is 4.79 Å². The zero-order valence-electron chi connectivity index (χ0n) is 18.1. The van der Waals surface area contributed by atoms with Crippen molar-refractivity contribution < 1.29 is 9.53 Å². The first-order chi connectivity index (χ1) is 13.2. The fourth-order valence-electron chi connectivity index (χ4n) is 3.33. The van der Waals surface area contributed by atoms with Crippen LogP contribution < -0.4 is 5.32 Å². The van der Waals surface area contributed by atoms with E-state index in [9.17, 15) is 4.79 Å². The zero-order chi connectivity index (χ0) is 20.5. The molecule has 0 radical (unpaired) electrons. The predicted molar refractivity (Wildman–Crippen MR) is 112 cm³/mol. The van der Waals surface area contributed by atoms with E-state index in [2.05, 4.69) is 39.9 Å². The molecule has 0 bridgehead atoms. The van der Waals surface area contributed by atoms with Crippen LogP contribution in [0.4, 0.5) is 0 Å². The lowest BCUT2D eigenvalue weighted by atomic mass is 10.1. The highest BCUT2D eigenvalue weighted by molar-refractivity contribution is 6.06. The maximum atomic E-state index is 13.0. The molecule has 2 aromatic heterocycles. The summed E-state index contributed by atoms with van der Waals surface area (Å²) in [5.41, 5.74) is 3.19. The van der Waals surface area contributed by atoms with Gasteiger partial charge in [0.15, 0.2) is 5.65 Å². The lowest BCUT2D eigenvalue weighted by Gasteiger charge is -2.20. The number of aryl methyl sites for hydroxylation is 1. The van der Waals surface area contributed by atoms with Crippen LogP contribution in [0.25, 0.3) is 11.0 Å². The van der Waals surface area contributed by atoms with Gasteiger partial charge in [-0.25, -0.2) is 9.67 Å². The lowest BCUT2D eigenvalue weighted by molar-refractivity contribution is 0.0926. The Morgan fingerprint density at radius 2 is 2.07 bits per heavy atom. The maximum absolute atomic E-state index is 13.0. The second-order valence-electron chi connectivity index (χ2n) is 9.31. The van der Waals surface area contributed by atoms with Crippen molar-refractivity contribution in [2.45, 2.75) is 72.3 Å². The molecule has 154 valence electrons. The summed E-state index contributed by atoms with van der Waals surface area (Å²) in [6.07, 6.45) is 3.10. The molecule has 2 heterocycles. The van der Waals surface area contributed by atoms with Crippen molar-refractivity contribution in [2.24, 2.45) is 5.92 Å². The van der Waals surface area contributed by atoms with Gasteiger partial charge in [0.05, 0.1) is 22.2 Å².